The Bertz CT molecular complexity index is 355. The summed E-state index contributed by atoms with van der Waals surface area (Å²) >= 11 is 1.73. The molecular formula is C11H15N3S. The van der Waals surface area contributed by atoms with Crippen molar-refractivity contribution in [2.75, 3.05) is 11.6 Å². The number of anilines is 1. The van der Waals surface area contributed by atoms with E-state index in [1.807, 2.05) is 12.1 Å². The van der Waals surface area contributed by atoms with Crippen LogP contribution >= 0.6 is 11.8 Å². The number of nitrogens with one attached hydrogen (secondary N) is 1. The van der Waals surface area contributed by atoms with Crippen molar-refractivity contribution in [3.8, 4) is 0 Å². The fourth-order valence-corrected chi connectivity index (χ4v) is 1.66. The summed E-state index contributed by atoms with van der Waals surface area (Å²) in [5, 5.41) is 3.08. The first-order chi connectivity index (χ1) is 7.28. The lowest BCUT2D eigenvalue weighted by Gasteiger charge is -2.05. The lowest BCUT2D eigenvalue weighted by molar-refractivity contribution is 1.06. The van der Waals surface area contributed by atoms with Crippen molar-refractivity contribution >= 4 is 23.4 Å². The first-order valence-corrected chi connectivity index (χ1v) is 6.25. The van der Waals surface area contributed by atoms with Gasteiger partial charge in [-0.2, -0.15) is 0 Å². The van der Waals surface area contributed by atoms with Gasteiger partial charge in [-0.1, -0.05) is 0 Å². The maximum atomic E-state index is 5.75. The summed E-state index contributed by atoms with van der Waals surface area (Å²) in [6.45, 7) is 0. The van der Waals surface area contributed by atoms with Crippen LogP contribution in [-0.2, 0) is 0 Å². The molecule has 0 amide bonds. The fraction of sp³-hybridized carbons (Fsp3) is 0.364. The van der Waals surface area contributed by atoms with Crippen LogP contribution in [-0.4, -0.2) is 18.3 Å². The number of hydrogen-bond acceptors (Lipinski definition) is 2. The molecule has 1 aliphatic rings. The zero-order chi connectivity index (χ0) is 10.7. The van der Waals surface area contributed by atoms with Crippen LogP contribution in [0.3, 0.4) is 0 Å². The molecule has 80 valence electrons. The van der Waals surface area contributed by atoms with Crippen LogP contribution in [0.5, 0.6) is 0 Å². The van der Waals surface area contributed by atoms with Gasteiger partial charge in [0.15, 0.2) is 5.96 Å². The number of aliphatic imine (C=N–C) groups is 1. The molecule has 0 unspecified atom stereocenters. The molecule has 2 rings (SSSR count). The van der Waals surface area contributed by atoms with Gasteiger partial charge in [0.05, 0.1) is 6.04 Å². The Kier molecular flexibility index (Phi) is 3.16. The van der Waals surface area contributed by atoms with Crippen LogP contribution in [0.25, 0.3) is 0 Å². The molecule has 0 saturated heterocycles. The zero-order valence-corrected chi connectivity index (χ0v) is 9.55. The van der Waals surface area contributed by atoms with E-state index in [2.05, 4.69) is 28.7 Å². The number of thioether (sulfide) groups is 1. The molecule has 3 nitrogen and oxygen atoms in total. The Hall–Kier alpha value is -1.16. The predicted octanol–water partition coefficient (Wildman–Crippen LogP) is 2.30. The van der Waals surface area contributed by atoms with E-state index in [-0.39, 0.29) is 0 Å². The Morgan fingerprint density at radius 2 is 2.07 bits per heavy atom. The molecular weight excluding hydrogens is 206 g/mol. The topological polar surface area (TPSA) is 50.4 Å². The lowest BCUT2D eigenvalue weighted by Crippen LogP contribution is -2.22. The number of benzene rings is 1. The second-order valence-electron chi connectivity index (χ2n) is 3.60. The van der Waals surface area contributed by atoms with E-state index >= 15 is 0 Å². The molecule has 1 fully saturated rings. The van der Waals surface area contributed by atoms with Crippen LogP contribution in [0.15, 0.2) is 34.2 Å². The van der Waals surface area contributed by atoms with Gasteiger partial charge in [-0.05, 0) is 43.4 Å². The Labute approximate surface area is 94.2 Å². The summed E-state index contributed by atoms with van der Waals surface area (Å²) in [4.78, 5) is 5.55. The van der Waals surface area contributed by atoms with E-state index in [0.29, 0.717) is 12.0 Å². The van der Waals surface area contributed by atoms with Crippen molar-refractivity contribution in [2.24, 2.45) is 10.7 Å². The van der Waals surface area contributed by atoms with Crippen molar-refractivity contribution in [3.05, 3.63) is 24.3 Å². The number of hydrogen-bond donors (Lipinski definition) is 2. The average Bonchev–Trinajstić information content (AvgIpc) is 3.03. The summed E-state index contributed by atoms with van der Waals surface area (Å²) in [7, 11) is 0. The van der Waals surface area contributed by atoms with Crippen molar-refractivity contribution in [1.82, 2.24) is 0 Å². The number of nitrogens with two attached hydrogens (primary N) is 1. The Morgan fingerprint density at radius 3 is 2.60 bits per heavy atom. The molecule has 1 saturated carbocycles. The minimum absolute atomic E-state index is 0.461. The second-order valence-corrected chi connectivity index (χ2v) is 4.48. The largest absolute Gasteiger partial charge is 0.370 e. The normalized spacial score (nSPS) is 16.5. The maximum Gasteiger partial charge on any atom is 0.193 e. The third-order valence-corrected chi connectivity index (χ3v) is 2.97. The van der Waals surface area contributed by atoms with Gasteiger partial charge in [-0.3, -0.25) is 0 Å². The SMILES string of the molecule is CSc1ccc(NC(N)=NC2CC2)cc1. The zero-order valence-electron chi connectivity index (χ0n) is 8.73. The molecule has 15 heavy (non-hydrogen) atoms. The standard InChI is InChI=1S/C11H15N3S/c1-15-10-6-4-9(5-7-10)14-11(12)13-8-2-3-8/h4-8H,2-3H2,1H3,(H3,12,13,14). The quantitative estimate of drug-likeness (QED) is 0.468. The van der Waals surface area contributed by atoms with E-state index in [1.54, 1.807) is 11.8 Å². The van der Waals surface area contributed by atoms with Crippen LogP contribution in [0, 0.1) is 0 Å². The third-order valence-electron chi connectivity index (χ3n) is 2.23. The maximum absolute atomic E-state index is 5.75. The van der Waals surface area contributed by atoms with E-state index < -0.39 is 0 Å². The number of nitrogens with zero attached hydrogens (tertiary/aromatic N) is 1. The van der Waals surface area contributed by atoms with Gasteiger partial charge in [0, 0.05) is 10.6 Å². The molecule has 1 aliphatic carbocycles. The first kappa shape index (κ1) is 10.4. The summed E-state index contributed by atoms with van der Waals surface area (Å²) in [5.74, 6) is 0.523. The molecule has 0 spiro atoms. The van der Waals surface area contributed by atoms with Crippen molar-refractivity contribution in [2.45, 2.75) is 23.8 Å². The van der Waals surface area contributed by atoms with Crippen molar-refractivity contribution < 1.29 is 0 Å². The predicted molar refractivity (Wildman–Crippen MR) is 66.5 cm³/mol. The van der Waals surface area contributed by atoms with Gasteiger partial charge in [0.1, 0.15) is 0 Å². The van der Waals surface area contributed by atoms with E-state index in [9.17, 15) is 0 Å². The van der Waals surface area contributed by atoms with Crippen LogP contribution in [0.2, 0.25) is 0 Å². The summed E-state index contributed by atoms with van der Waals surface area (Å²) in [6, 6.07) is 8.62. The third kappa shape index (κ3) is 3.16. The summed E-state index contributed by atoms with van der Waals surface area (Å²) < 4.78 is 0. The highest BCUT2D eigenvalue weighted by Gasteiger charge is 2.20. The van der Waals surface area contributed by atoms with Gasteiger partial charge in [0.2, 0.25) is 0 Å². The molecule has 0 heterocycles. The summed E-state index contributed by atoms with van der Waals surface area (Å²) in [5.41, 5.74) is 6.75. The molecule has 0 bridgehead atoms. The highest BCUT2D eigenvalue weighted by Crippen LogP contribution is 2.23. The minimum atomic E-state index is 0.461. The van der Waals surface area contributed by atoms with Gasteiger partial charge in [-0.25, -0.2) is 4.99 Å². The highest BCUT2D eigenvalue weighted by molar-refractivity contribution is 7.98. The molecule has 0 atom stereocenters. The Balaban J connectivity index is 1.97. The Morgan fingerprint density at radius 1 is 1.40 bits per heavy atom. The highest BCUT2D eigenvalue weighted by atomic mass is 32.2. The van der Waals surface area contributed by atoms with Crippen LogP contribution in [0.1, 0.15) is 12.8 Å². The van der Waals surface area contributed by atoms with Gasteiger partial charge >= 0.3 is 0 Å². The summed E-state index contributed by atoms with van der Waals surface area (Å²) in [6.07, 6.45) is 4.41. The van der Waals surface area contributed by atoms with Gasteiger partial charge in [0.25, 0.3) is 0 Å². The molecule has 0 radical (unpaired) electrons. The van der Waals surface area contributed by atoms with E-state index in [0.717, 1.165) is 5.69 Å². The van der Waals surface area contributed by atoms with E-state index in [1.165, 1.54) is 17.7 Å². The monoisotopic (exact) mass is 221 g/mol. The smallest absolute Gasteiger partial charge is 0.193 e. The molecule has 1 aromatic rings. The number of rotatable bonds is 3. The van der Waals surface area contributed by atoms with Gasteiger partial charge in [-0.15, -0.1) is 11.8 Å². The average molecular weight is 221 g/mol. The lowest BCUT2D eigenvalue weighted by atomic mass is 10.3. The van der Waals surface area contributed by atoms with Crippen molar-refractivity contribution in [1.29, 1.82) is 0 Å². The van der Waals surface area contributed by atoms with Crippen LogP contribution < -0.4 is 11.1 Å². The van der Waals surface area contributed by atoms with Gasteiger partial charge < -0.3 is 11.1 Å². The minimum Gasteiger partial charge on any atom is -0.370 e. The van der Waals surface area contributed by atoms with E-state index in [4.69, 9.17) is 5.73 Å². The number of guanidine groups is 1. The van der Waals surface area contributed by atoms with Crippen LogP contribution in [0.4, 0.5) is 5.69 Å². The van der Waals surface area contributed by atoms with Crippen molar-refractivity contribution in [3.63, 3.8) is 0 Å². The molecule has 1 aromatic carbocycles. The molecule has 4 heteroatoms. The molecule has 0 aliphatic heterocycles. The molecule has 3 N–H and O–H groups in total. The first-order valence-electron chi connectivity index (χ1n) is 5.02. The second kappa shape index (κ2) is 4.57. The molecule has 0 aromatic heterocycles. The fourth-order valence-electron chi connectivity index (χ4n) is 1.25.